The average molecular weight is 288 g/mol. The summed E-state index contributed by atoms with van der Waals surface area (Å²) in [4.78, 5) is 13.8. The fourth-order valence-corrected chi connectivity index (χ4v) is 4.38. The molecule has 2 heterocycles. The van der Waals surface area contributed by atoms with Gasteiger partial charge in [0, 0.05) is 26.2 Å². The minimum Gasteiger partial charge on any atom is -0.465 e. The Hall–Kier alpha value is -1.37. The van der Waals surface area contributed by atoms with E-state index in [1.54, 1.807) is 11.9 Å². The molecule has 1 N–H and O–H groups in total. The van der Waals surface area contributed by atoms with Gasteiger partial charge in [-0.1, -0.05) is 0 Å². The first-order chi connectivity index (χ1) is 8.87. The molecule has 19 heavy (non-hydrogen) atoms. The molecular formula is C10H16N4O4S. The maximum absolute atomic E-state index is 12.3. The summed E-state index contributed by atoms with van der Waals surface area (Å²) in [6, 6.07) is 1.34. The predicted octanol–water partition coefficient (Wildman–Crippen LogP) is -0.834. The number of rotatable bonds is 3. The van der Waals surface area contributed by atoms with Crippen molar-refractivity contribution < 1.29 is 18.3 Å². The normalized spacial score (nSPS) is 31.8. The third-order valence-electron chi connectivity index (χ3n) is 3.50. The van der Waals surface area contributed by atoms with Gasteiger partial charge in [0.05, 0.1) is 18.5 Å². The van der Waals surface area contributed by atoms with Gasteiger partial charge >= 0.3 is 6.09 Å². The van der Waals surface area contributed by atoms with Crippen molar-refractivity contribution in [1.29, 1.82) is 5.26 Å². The third kappa shape index (κ3) is 2.65. The molecule has 0 bridgehead atoms. The highest BCUT2D eigenvalue weighted by atomic mass is 32.2. The van der Waals surface area contributed by atoms with Crippen LogP contribution >= 0.6 is 0 Å². The summed E-state index contributed by atoms with van der Waals surface area (Å²) in [5.41, 5.74) is 0. The van der Waals surface area contributed by atoms with Crippen molar-refractivity contribution >= 4 is 16.1 Å². The second-order valence-electron chi connectivity index (χ2n) is 4.79. The monoisotopic (exact) mass is 288 g/mol. The predicted molar refractivity (Wildman–Crippen MR) is 65.7 cm³/mol. The van der Waals surface area contributed by atoms with Gasteiger partial charge in [0.25, 0.3) is 0 Å². The van der Waals surface area contributed by atoms with Crippen LogP contribution in [-0.2, 0) is 10.0 Å². The van der Waals surface area contributed by atoms with Crippen LogP contribution in [0.2, 0.25) is 0 Å². The summed E-state index contributed by atoms with van der Waals surface area (Å²) >= 11 is 0. The van der Waals surface area contributed by atoms with E-state index in [-0.39, 0.29) is 26.1 Å². The van der Waals surface area contributed by atoms with E-state index in [4.69, 9.17) is 10.4 Å². The zero-order valence-electron chi connectivity index (χ0n) is 10.6. The van der Waals surface area contributed by atoms with Crippen LogP contribution in [0.5, 0.6) is 0 Å². The van der Waals surface area contributed by atoms with E-state index in [1.807, 2.05) is 6.07 Å². The molecule has 2 fully saturated rings. The molecule has 0 aromatic carbocycles. The lowest BCUT2D eigenvalue weighted by molar-refractivity contribution is 0.106. The van der Waals surface area contributed by atoms with Crippen molar-refractivity contribution in [2.45, 2.75) is 17.8 Å². The minimum atomic E-state index is -3.47. The number of likely N-dealkylation sites (N-methyl/N-ethyl adjacent to an activating group) is 1. The van der Waals surface area contributed by atoms with Gasteiger partial charge in [0.2, 0.25) is 10.0 Å². The highest BCUT2D eigenvalue weighted by molar-refractivity contribution is 7.90. The fourth-order valence-electron chi connectivity index (χ4n) is 2.30. The summed E-state index contributed by atoms with van der Waals surface area (Å²) in [5, 5.41) is 17.2. The Labute approximate surface area is 111 Å². The van der Waals surface area contributed by atoms with Crippen molar-refractivity contribution in [1.82, 2.24) is 14.1 Å². The number of amides is 1. The molecule has 0 aromatic rings. The highest BCUT2D eigenvalue weighted by Crippen LogP contribution is 2.28. The number of sulfonamides is 1. The van der Waals surface area contributed by atoms with Gasteiger partial charge in [-0.05, 0) is 7.05 Å². The van der Waals surface area contributed by atoms with Gasteiger partial charge in [0.1, 0.15) is 5.37 Å². The van der Waals surface area contributed by atoms with Gasteiger partial charge in [-0.3, -0.25) is 4.90 Å². The zero-order chi connectivity index (χ0) is 14.2. The van der Waals surface area contributed by atoms with Crippen LogP contribution in [0.3, 0.4) is 0 Å². The van der Waals surface area contributed by atoms with Crippen LogP contribution < -0.4 is 0 Å². The molecule has 0 aliphatic carbocycles. The topological polar surface area (TPSA) is 105 Å². The first-order valence-electron chi connectivity index (χ1n) is 5.93. The lowest BCUT2D eigenvalue weighted by Gasteiger charge is -2.38. The Balaban J connectivity index is 2.16. The minimum absolute atomic E-state index is 0.000551. The first kappa shape index (κ1) is 14.0. The van der Waals surface area contributed by atoms with Crippen LogP contribution in [0.1, 0.15) is 6.42 Å². The first-order valence-corrected chi connectivity index (χ1v) is 7.44. The molecule has 2 unspecified atom stereocenters. The lowest BCUT2D eigenvalue weighted by atomic mass is 10.1. The summed E-state index contributed by atoms with van der Waals surface area (Å²) in [7, 11) is -1.75. The maximum atomic E-state index is 12.3. The Morgan fingerprint density at radius 3 is 2.53 bits per heavy atom. The molecule has 2 saturated heterocycles. The van der Waals surface area contributed by atoms with Crippen molar-refractivity contribution in [3.63, 3.8) is 0 Å². The van der Waals surface area contributed by atoms with E-state index in [0.717, 1.165) is 4.90 Å². The van der Waals surface area contributed by atoms with Crippen LogP contribution in [0.4, 0.5) is 4.79 Å². The molecule has 0 saturated carbocycles. The average Bonchev–Trinajstić information content (AvgIpc) is 3.07. The molecule has 2 aliphatic rings. The molecule has 8 nitrogen and oxygen atoms in total. The molecule has 2 aliphatic heterocycles. The molecule has 3 atom stereocenters. The van der Waals surface area contributed by atoms with Crippen molar-refractivity contribution in [2.24, 2.45) is 0 Å². The third-order valence-corrected chi connectivity index (χ3v) is 5.83. The summed E-state index contributed by atoms with van der Waals surface area (Å²) in [6.45, 7) is 0.803. The van der Waals surface area contributed by atoms with E-state index >= 15 is 0 Å². The molecule has 0 radical (unpaired) electrons. The van der Waals surface area contributed by atoms with Gasteiger partial charge in [0.15, 0.2) is 0 Å². The van der Waals surface area contributed by atoms with E-state index in [2.05, 4.69) is 0 Å². The SMILES string of the molecule is CN1CC1S(=O)(=O)N1CCN(C(=O)O)C[C@@H]1CC#N. The smallest absolute Gasteiger partial charge is 0.407 e. The number of nitriles is 1. The highest BCUT2D eigenvalue weighted by Gasteiger charge is 2.48. The van der Waals surface area contributed by atoms with Crippen LogP contribution in [0.15, 0.2) is 0 Å². The molecule has 9 heteroatoms. The number of hydrogen-bond donors (Lipinski definition) is 1. The van der Waals surface area contributed by atoms with Crippen molar-refractivity contribution in [2.75, 3.05) is 33.2 Å². The van der Waals surface area contributed by atoms with E-state index < -0.39 is 27.5 Å². The molecule has 1 amide bonds. The van der Waals surface area contributed by atoms with Crippen LogP contribution in [0, 0.1) is 11.3 Å². The lowest BCUT2D eigenvalue weighted by Crippen LogP contribution is -2.57. The quantitative estimate of drug-likeness (QED) is 0.679. The van der Waals surface area contributed by atoms with E-state index in [0.29, 0.717) is 6.54 Å². The van der Waals surface area contributed by atoms with Gasteiger partial charge in [-0.2, -0.15) is 9.57 Å². The van der Waals surface area contributed by atoms with Crippen molar-refractivity contribution in [3.05, 3.63) is 0 Å². The number of carboxylic acid groups (broad SMARTS) is 1. The second kappa shape index (κ2) is 4.96. The van der Waals surface area contributed by atoms with Gasteiger partial charge in [-0.15, -0.1) is 0 Å². The number of hydrogen-bond acceptors (Lipinski definition) is 5. The number of nitrogens with zero attached hydrogens (tertiary/aromatic N) is 4. The van der Waals surface area contributed by atoms with Crippen molar-refractivity contribution in [3.8, 4) is 6.07 Å². The molecule has 106 valence electrons. The fraction of sp³-hybridized carbons (Fsp3) is 0.800. The van der Waals surface area contributed by atoms with Gasteiger partial charge in [-0.25, -0.2) is 13.2 Å². The Kier molecular flexibility index (Phi) is 3.66. The van der Waals surface area contributed by atoms with E-state index in [1.165, 1.54) is 4.31 Å². The Morgan fingerprint density at radius 2 is 2.05 bits per heavy atom. The number of carbonyl (C=O) groups is 1. The van der Waals surface area contributed by atoms with E-state index in [9.17, 15) is 13.2 Å². The number of piperazine rings is 1. The summed E-state index contributed by atoms with van der Waals surface area (Å²) in [6.07, 6.45) is -1.08. The van der Waals surface area contributed by atoms with Crippen LogP contribution in [-0.4, -0.2) is 78.4 Å². The second-order valence-corrected chi connectivity index (χ2v) is 6.84. The zero-order valence-corrected chi connectivity index (χ0v) is 11.4. The molecular weight excluding hydrogens is 272 g/mol. The summed E-state index contributed by atoms with van der Waals surface area (Å²) < 4.78 is 26.0. The van der Waals surface area contributed by atoms with Crippen LogP contribution in [0.25, 0.3) is 0 Å². The largest absolute Gasteiger partial charge is 0.465 e. The van der Waals surface area contributed by atoms with Gasteiger partial charge < -0.3 is 10.0 Å². The Morgan fingerprint density at radius 1 is 1.42 bits per heavy atom. The molecule has 2 rings (SSSR count). The standard InChI is InChI=1S/C10H16N4O4S/c1-12-7-9(12)19(17,18)14-5-4-13(10(15)16)6-8(14)2-3-11/h8-9H,2,4-7H2,1H3,(H,15,16)/t8-,9?,12?/m0/s1. The maximum Gasteiger partial charge on any atom is 0.407 e. The Bertz CT molecular complexity index is 514. The summed E-state index contributed by atoms with van der Waals surface area (Å²) in [5.74, 6) is 0. The molecule has 0 aromatic heterocycles. The molecule has 0 spiro atoms.